The van der Waals surface area contributed by atoms with Crippen LogP contribution >= 0.6 is 23.2 Å². The van der Waals surface area contributed by atoms with Crippen LogP contribution in [0.4, 0.5) is 9.59 Å². The number of rotatable bonds is 6. The second kappa shape index (κ2) is 12.4. The molecule has 37 heavy (non-hydrogen) atoms. The molecule has 2 heterocycles. The van der Waals surface area contributed by atoms with Crippen LogP contribution in [0.1, 0.15) is 52.6 Å². The molecule has 11 heteroatoms. The van der Waals surface area contributed by atoms with Gasteiger partial charge in [0, 0.05) is 50.5 Å². The molecule has 0 aliphatic carbocycles. The first-order valence-electron chi connectivity index (χ1n) is 12.7. The first kappa shape index (κ1) is 29.1. The van der Waals surface area contributed by atoms with E-state index in [1.54, 1.807) is 30.0 Å². The van der Waals surface area contributed by atoms with Gasteiger partial charge < -0.3 is 20.3 Å². The summed E-state index contributed by atoms with van der Waals surface area (Å²) in [7, 11) is 0. The number of halogens is 2. The predicted molar refractivity (Wildman–Crippen MR) is 145 cm³/mol. The third kappa shape index (κ3) is 7.09. The van der Waals surface area contributed by atoms with Crippen molar-refractivity contribution in [2.75, 3.05) is 45.9 Å². The van der Waals surface area contributed by atoms with Crippen molar-refractivity contribution in [1.82, 2.24) is 25.3 Å². The van der Waals surface area contributed by atoms with Gasteiger partial charge in [0.25, 0.3) is 0 Å². The van der Waals surface area contributed by atoms with E-state index in [1.807, 2.05) is 32.6 Å². The number of amides is 4. The Hall–Kier alpha value is -2.49. The molecule has 2 aliphatic rings. The minimum Gasteiger partial charge on any atom is -0.463 e. The number of benzene rings is 1. The molecule has 0 unspecified atom stereocenters. The Labute approximate surface area is 229 Å². The molecule has 1 aromatic carbocycles. The van der Waals surface area contributed by atoms with Gasteiger partial charge in [-0.15, -0.1) is 0 Å². The SMILES string of the molecule is CCOC(=O)C1=C(CN2CCCN(C(=O)NC(C)(C)C)CC2)N(CC)C(=O)N[C@H]1c1cccc(Cl)c1Cl. The van der Waals surface area contributed by atoms with Crippen molar-refractivity contribution < 1.29 is 19.1 Å². The zero-order valence-electron chi connectivity index (χ0n) is 22.2. The van der Waals surface area contributed by atoms with Crippen LogP contribution < -0.4 is 10.6 Å². The lowest BCUT2D eigenvalue weighted by Crippen LogP contribution is -2.51. The summed E-state index contributed by atoms with van der Waals surface area (Å²) in [6, 6.07) is 3.91. The first-order valence-corrected chi connectivity index (χ1v) is 13.4. The molecule has 1 aromatic rings. The molecule has 0 bridgehead atoms. The number of nitrogens with zero attached hydrogens (tertiary/aromatic N) is 3. The number of urea groups is 2. The molecule has 1 atom stereocenters. The van der Waals surface area contributed by atoms with Gasteiger partial charge in [0.2, 0.25) is 0 Å². The molecule has 2 N–H and O–H groups in total. The van der Waals surface area contributed by atoms with Crippen molar-refractivity contribution in [2.24, 2.45) is 0 Å². The third-order valence-corrected chi connectivity index (χ3v) is 7.11. The Kier molecular flexibility index (Phi) is 9.72. The highest BCUT2D eigenvalue weighted by atomic mass is 35.5. The van der Waals surface area contributed by atoms with Gasteiger partial charge in [-0.1, -0.05) is 35.3 Å². The summed E-state index contributed by atoms with van der Waals surface area (Å²) in [5.74, 6) is -0.516. The average molecular weight is 555 g/mol. The maximum atomic E-state index is 13.3. The highest BCUT2D eigenvalue weighted by molar-refractivity contribution is 6.42. The lowest BCUT2D eigenvalue weighted by molar-refractivity contribution is -0.139. The smallest absolute Gasteiger partial charge is 0.338 e. The van der Waals surface area contributed by atoms with Crippen molar-refractivity contribution in [3.05, 3.63) is 45.1 Å². The predicted octanol–water partition coefficient (Wildman–Crippen LogP) is 4.41. The summed E-state index contributed by atoms with van der Waals surface area (Å²) in [5, 5.41) is 6.54. The normalized spacial score (nSPS) is 19.4. The van der Waals surface area contributed by atoms with E-state index in [2.05, 4.69) is 15.5 Å². The molecule has 1 saturated heterocycles. The van der Waals surface area contributed by atoms with Crippen molar-refractivity contribution in [1.29, 1.82) is 0 Å². The van der Waals surface area contributed by atoms with Crippen molar-refractivity contribution in [2.45, 2.75) is 52.6 Å². The van der Waals surface area contributed by atoms with Gasteiger partial charge in [0.1, 0.15) is 0 Å². The fraction of sp³-hybridized carbons (Fsp3) is 0.577. The Morgan fingerprint density at radius 1 is 1.14 bits per heavy atom. The summed E-state index contributed by atoms with van der Waals surface area (Å²) < 4.78 is 5.44. The van der Waals surface area contributed by atoms with Crippen LogP contribution in [0, 0.1) is 0 Å². The number of likely N-dealkylation sites (N-methyl/N-ethyl adjacent to an activating group) is 1. The second-order valence-corrected chi connectivity index (χ2v) is 10.9. The van der Waals surface area contributed by atoms with Crippen LogP contribution in [-0.4, -0.2) is 84.1 Å². The molecular formula is C26H37Cl2N5O4. The highest BCUT2D eigenvalue weighted by Crippen LogP contribution is 2.37. The number of ether oxygens (including phenoxy) is 1. The van der Waals surface area contributed by atoms with E-state index in [4.69, 9.17) is 27.9 Å². The Morgan fingerprint density at radius 2 is 1.86 bits per heavy atom. The molecule has 3 rings (SSSR count). The molecule has 9 nitrogen and oxygen atoms in total. The fourth-order valence-electron chi connectivity index (χ4n) is 4.58. The van der Waals surface area contributed by atoms with Gasteiger partial charge in [0.15, 0.2) is 0 Å². The topological polar surface area (TPSA) is 94.2 Å². The minimum atomic E-state index is -0.809. The monoisotopic (exact) mass is 553 g/mol. The van der Waals surface area contributed by atoms with Gasteiger partial charge in [0.05, 0.1) is 28.3 Å². The molecule has 0 radical (unpaired) electrons. The number of nitrogens with one attached hydrogen (secondary N) is 2. The van der Waals surface area contributed by atoms with Gasteiger partial charge in [-0.2, -0.15) is 0 Å². The van der Waals surface area contributed by atoms with Crippen molar-refractivity contribution in [3.63, 3.8) is 0 Å². The third-order valence-electron chi connectivity index (χ3n) is 6.27. The molecule has 0 aromatic heterocycles. The lowest BCUT2D eigenvalue weighted by atomic mass is 9.94. The lowest BCUT2D eigenvalue weighted by Gasteiger charge is -2.38. The highest BCUT2D eigenvalue weighted by Gasteiger charge is 2.39. The maximum Gasteiger partial charge on any atom is 0.338 e. The van der Waals surface area contributed by atoms with E-state index in [9.17, 15) is 14.4 Å². The van der Waals surface area contributed by atoms with Crippen molar-refractivity contribution >= 4 is 41.2 Å². The van der Waals surface area contributed by atoms with E-state index >= 15 is 0 Å². The van der Waals surface area contributed by atoms with E-state index in [-0.39, 0.29) is 29.2 Å². The number of hydrogen-bond acceptors (Lipinski definition) is 5. The molecule has 0 spiro atoms. The van der Waals surface area contributed by atoms with Crippen LogP contribution in [0.5, 0.6) is 0 Å². The summed E-state index contributed by atoms with van der Waals surface area (Å²) >= 11 is 12.8. The van der Waals surface area contributed by atoms with Crippen LogP contribution in [0.25, 0.3) is 0 Å². The Bertz CT molecular complexity index is 1060. The first-order chi connectivity index (χ1) is 17.5. The summed E-state index contributed by atoms with van der Waals surface area (Å²) in [4.78, 5) is 44.8. The average Bonchev–Trinajstić information content (AvgIpc) is 3.05. The molecule has 4 amide bonds. The fourth-order valence-corrected chi connectivity index (χ4v) is 5.00. The van der Waals surface area contributed by atoms with E-state index in [0.717, 1.165) is 6.42 Å². The molecular weight excluding hydrogens is 517 g/mol. The van der Waals surface area contributed by atoms with Crippen molar-refractivity contribution in [3.8, 4) is 0 Å². The molecule has 2 aliphatic heterocycles. The summed E-state index contributed by atoms with van der Waals surface area (Å²) in [6.45, 7) is 12.8. The maximum absolute atomic E-state index is 13.3. The quantitative estimate of drug-likeness (QED) is 0.508. The number of esters is 1. The zero-order chi connectivity index (χ0) is 27.3. The minimum absolute atomic E-state index is 0.0938. The number of hydrogen-bond donors (Lipinski definition) is 2. The van der Waals surface area contributed by atoms with E-state index in [0.29, 0.717) is 61.1 Å². The molecule has 204 valence electrons. The zero-order valence-corrected chi connectivity index (χ0v) is 23.7. The number of carbonyl (C=O) groups is 3. The summed E-state index contributed by atoms with van der Waals surface area (Å²) in [6.07, 6.45) is 0.765. The van der Waals surface area contributed by atoms with Crippen LogP contribution in [0.15, 0.2) is 29.5 Å². The van der Waals surface area contributed by atoms with Gasteiger partial charge in [-0.05, 0) is 52.7 Å². The number of carbonyl (C=O) groups excluding carboxylic acids is 3. The van der Waals surface area contributed by atoms with Gasteiger partial charge >= 0.3 is 18.0 Å². The Balaban J connectivity index is 1.96. The standard InChI is InChI=1S/C26H37Cl2N5O4/c1-6-33-19(16-31-12-9-13-32(15-14-31)25(36)30-26(3,4)5)20(23(34)37-7-2)22(29-24(33)35)17-10-8-11-18(27)21(17)28/h8,10-11,22H,6-7,9,12-16H2,1-5H3,(H,29,35)(H,30,36)/t22-/m0/s1. The van der Waals surface area contributed by atoms with Gasteiger partial charge in [-0.25, -0.2) is 14.4 Å². The Morgan fingerprint density at radius 3 is 2.51 bits per heavy atom. The van der Waals surface area contributed by atoms with Crippen LogP contribution in [-0.2, 0) is 9.53 Å². The molecule has 0 saturated carbocycles. The second-order valence-electron chi connectivity index (χ2n) is 10.1. The van der Waals surface area contributed by atoms with Gasteiger partial charge in [-0.3, -0.25) is 9.80 Å². The van der Waals surface area contributed by atoms with E-state index < -0.39 is 12.0 Å². The molecule has 1 fully saturated rings. The largest absolute Gasteiger partial charge is 0.463 e. The van der Waals surface area contributed by atoms with Crippen LogP contribution in [0.2, 0.25) is 10.0 Å². The van der Waals surface area contributed by atoms with Crippen LogP contribution in [0.3, 0.4) is 0 Å². The van der Waals surface area contributed by atoms with E-state index in [1.165, 1.54) is 0 Å². The summed E-state index contributed by atoms with van der Waals surface area (Å²) in [5.41, 5.74) is 1.10.